The van der Waals surface area contributed by atoms with Crippen molar-refractivity contribution in [1.29, 1.82) is 0 Å². The molecule has 0 unspecified atom stereocenters. The topological polar surface area (TPSA) is 35.6 Å². The Kier molecular flexibility index (Phi) is 7.20. The van der Waals surface area contributed by atoms with E-state index in [2.05, 4.69) is 203 Å². The van der Waals surface area contributed by atoms with E-state index in [4.69, 9.17) is 9.97 Å². The first-order chi connectivity index (χ1) is 28.8. The van der Waals surface area contributed by atoms with Gasteiger partial charge in [0.05, 0.1) is 33.5 Å². The molecule has 3 aromatic heterocycles. The Bertz CT molecular complexity index is 3490. The maximum Gasteiger partial charge on any atom is 0.160 e. The number of rotatable bonds is 5. The van der Waals surface area contributed by atoms with Gasteiger partial charge in [0.2, 0.25) is 0 Å². The molecule has 0 bridgehead atoms. The average Bonchev–Trinajstić information content (AvgIpc) is 3.83. The first-order valence-electron chi connectivity index (χ1n) is 19.8. The zero-order valence-corrected chi connectivity index (χ0v) is 31.4. The monoisotopic (exact) mass is 738 g/mol. The van der Waals surface area contributed by atoms with E-state index < -0.39 is 0 Å². The minimum absolute atomic E-state index is 0.694. The Balaban J connectivity index is 1.06. The first kappa shape index (κ1) is 32.4. The fraction of sp³-hybridized carbons (Fsp3) is 0. The quantitative estimate of drug-likeness (QED) is 0.165. The van der Waals surface area contributed by atoms with Crippen molar-refractivity contribution in [2.75, 3.05) is 0 Å². The van der Waals surface area contributed by atoms with E-state index >= 15 is 0 Å². The third-order valence-corrected chi connectivity index (χ3v) is 11.7. The van der Waals surface area contributed by atoms with Crippen LogP contribution in [0.5, 0.6) is 0 Å². The van der Waals surface area contributed by atoms with E-state index in [9.17, 15) is 0 Å². The molecule has 12 aromatic rings. The molecule has 0 amide bonds. The molecule has 0 saturated heterocycles. The molecule has 0 spiro atoms. The van der Waals surface area contributed by atoms with Gasteiger partial charge in [-0.05, 0) is 76.1 Å². The highest BCUT2D eigenvalue weighted by atomic mass is 15.0. The SMILES string of the molecule is c1ccc(-c2cc(-c3ccccc3)nc(-c3cccc(-n4c5ccccc5c5c6ccc7c(ccc8c7c7ccccc7n8-c7ccccc7)c6ccc54)c3)n2)cc1. The highest BCUT2D eigenvalue weighted by molar-refractivity contribution is 6.30. The molecule has 4 nitrogen and oxygen atoms in total. The molecule has 0 atom stereocenters. The number of para-hydroxylation sites is 3. The summed E-state index contributed by atoms with van der Waals surface area (Å²) in [5.41, 5.74) is 11.9. The second kappa shape index (κ2) is 12.9. The van der Waals surface area contributed by atoms with Crippen molar-refractivity contribution in [2.45, 2.75) is 0 Å². The van der Waals surface area contributed by atoms with Crippen molar-refractivity contribution in [2.24, 2.45) is 0 Å². The van der Waals surface area contributed by atoms with Crippen molar-refractivity contribution >= 4 is 65.2 Å². The number of aromatic nitrogens is 4. The molecule has 0 radical (unpaired) electrons. The van der Waals surface area contributed by atoms with Gasteiger partial charge in [-0.2, -0.15) is 0 Å². The minimum atomic E-state index is 0.694. The summed E-state index contributed by atoms with van der Waals surface area (Å²) in [7, 11) is 0. The van der Waals surface area contributed by atoms with E-state index in [-0.39, 0.29) is 0 Å². The van der Waals surface area contributed by atoms with Crippen LogP contribution in [0.1, 0.15) is 0 Å². The summed E-state index contributed by atoms with van der Waals surface area (Å²) >= 11 is 0. The van der Waals surface area contributed by atoms with Gasteiger partial charge in [0.25, 0.3) is 0 Å². The summed E-state index contributed by atoms with van der Waals surface area (Å²) in [5.74, 6) is 0.694. The van der Waals surface area contributed by atoms with Crippen molar-refractivity contribution in [3.63, 3.8) is 0 Å². The predicted octanol–water partition coefficient (Wildman–Crippen LogP) is 14.0. The van der Waals surface area contributed by atoms with Crippen LogP contribution in [-0.2, 0) is 0 Å². The smallest absolute Gasteiger partial charge is 0.160 e. The van der Waals surface area contributed by atoms with E-state index in [1.54, 1.807) is 0 Å². The number of nitrogens with zero attached hydrogens (tertiary/aromatic N) is 4. The van der Waals surface area contributed by atoms with Crippen LogP contribution in [0.3, 0.4) is 0 Å². The summed E-state index contributed by atoms with van der Waals surface area (Å²) in [6.07, 6.45) is 0. The fourth-order valence-corrected chi connectivity index (χ4v) is 9.16. The molecule has 0 aliphatic carbocycles. The highest BCUT2D eigenvalue weighted by Crippen LogP contribution is 2.43. The van der Waals surface area contributed by atoms with Gasteiger partial charge in [0.15, 0.2) is 5.82 Å². The summed E-state index contributed by atoms with van der Waals surface area (Å²) in [5, 5.41) is 10.0. The van der Waals surface area contributed by atoms with E-state index in [0.29, 0.717) is 5.82 Å². The number of fused-ring (bicyclic) bond motifs is 11. The van der Waals surface area contributed by atoms with Crippen molar-refractivity contribution in [3.8, 4) is 45.3 Å². The Morgan fingerprint density at radius 2 is 0.707 bits per heavy atom. The molecule has 58 heavy (non-hydrogen) atoms. The molecule has 0 N–H and O–H groups in total. The summed E-state index contributed by atoms with van der Waals surface area (Å²) in [6, 6.07) is 73.7. The number of hydrogen-bond donors (Lipinski definition) is 0. The van der Waals surface area contributed by atoms with Gasteiger partial charge in [-0.25, -0.2) is 9.97 Å². The standard InChI is InChI=1S/C54H34N4/c1-4-15-35(16-5-1)46-34-47(36-17-6-2-7-18-36)56-54(55-46)37-19-14-22-39(33-37)58-49-26-13-11-24-45(49)53-43-28-27-42-40(41(43)30-32-51(53)58)29-31-50-52(42)44-23-10-12-25-48(44)57(50)38-20-8-3-9-21-38/h1-34H. The molecule has 3 heterocycles. The van der Waals surface area contributed by atoms with E-state index in [1.807, 2.05) is 12.1 Å². The summed E-state index contributed by atoms with van der Waals surface area (Å²) < 4.78 is 4.79. The van der Waals surface area contributed by atoms with Crippen LogP contribution in [0, 0.1) is 0 Å². The second-order valence-electron chi connectivity index (χ2n) is 15.0. The van der Waals surface area contributed by atoms with Crippen LogP contribution < -0.4 is 0 Å². The Labute approximate surface area is 334 Å². The average molecular weight is 739 g/mol. The maximum atomic E-state index is 5.15. The van der Waals surface area contributed by atoms with Crippen molar-refractivity contribution in [1.82, 2.24) is 19.1 Å². The van der Waals surface area contributed by atoms with Crippen LogP contribution in [0.2, 0.25) is 0 Å². The van der Waals surface area contributed by atoms with E-state index in [0.717, 1.165) is 44.8 Å². The lowest BCUT2D eigenvalue weighted by Gasteiger charge is -2.12. The lowest BCUT2D eigenvalue weighted by molar-refractivity contribution is 1.16. The molecule has 0 fully saturated rings. The Morgan fingerprint density at radius 3 is 1.26 bits per heavy atom. The van der Waals surface area contributed by atoms with Crippen LogP contribution >= 0.6 is 0 Å². The highest BCUT2D eigenvalue weighted by Gasteiger charge is 2.20. The van der Waals surface area contributed by atoms with Gasteiger partial charge in [0, 0.05) is 49.6 Å². The van der Waals surface area contributed by atoms with Crippen molar-refractivity contribution in [3.05, 3.63) is 206 Å². The van der Waals surface area contributed by atoms with Gasteiger partial charge < -0.3 is 9.13 Å². The lowest BCUT2D eigenvalue weighted by atomic mass is 9.96. The molecule has 0 aliphatic heterocycles. The van der Waals surface area contributed by atoms with Gasteiger partial charge in [-0.1, -0.05) is 152 Å². The second-order valence-corrected chi connectivity index (χ2v) is 15.0. The molecule has 270 valence electrons. The van der Waals surface area contributed by atoms with Crippen LogP contribution in [0.4, 0.5) is 0 Å². The molecule has 9 aromatic carbocycles. The van der Waals surface area contributed by atoms with E-state index in [1.165, 1.54) is 59.8 Å². The van der Waals surface area contributed by atoms with Crippen LogP contribution in [0.25, 0.3) is 110 Å². The molecule has 0 aliphatic rings. The third kappa shape index (κ3) is 4.95. The van der Waals surface area contributed by atoms with Crippen LogP contribution in [0.15, 0.2) is 206 Å². The molecular weight excluding hydrogens is 705 g/mol. The first-order valence-corrected chi connectivity index (χ1v) is 19.8. The molecule has 4 heteroatoms. The van der Waals surface area contributed by atoms with Gasteiger partial charge in [-0.3, -0.25) is 0 Å². The Hall–Kier alpha value is -7.82. The predicted molar refractivity (Wildman–Crippen MR) is 242 cm³/mol. The van der Waals surface area contributed by atoms with Crippen LogP contribution in [-0.4, -0.2) is 19.1 Å². The minimum Gasteiger partial charge on any atom is -0.309 e. The maximum absolute atomic E-state index is 5.15. The number of benzene rings is 9. The van der Waals surface area contributed by atoms with Crippen molar-refractivity contribution < 1.29 is 0 Å². The summed E-state index contributed by atoms with van der Waals surface area (Å²) in [4.78, 5) is 10.3. The molecule has 0 saturated carbocycles. The summed E-state index contributed by atoms with van der Waals surface area (Å²) in [6.45, 7) is 0. The fourth-order valence-electron chi connectivity index (χ4n) is 9.16. The van der Waals surface area contributed by atoms with Gasteiger partial charge in [-0.15, -0.1) is 0 Å². The lowest BCUT2D eigenvalue weighted by Crippen LogP contribution is -1.98. The zero-order valence-electron chi connectivity index (χ0n) is 31.4. The largest absolute Gasteiger partial charge is 0.309 e. The van der Waals surface area contributed by atoms with Gasteiger partial charge >= 0.3 is 0 Å². The van der Waals surface area contributed by atoms with Gasteiger partial charge in [0.1, 0.15) is 0 Å². The zero-order chi connectivity index (χ0) is 38.2. The molecule has 12 rings (SSSR count). The third-order valence-electron chi connectivity index (χ3n) is 11.7. The normalized spacial score (nSPS) is 11.8. The Morgan fingerprint density at radius 1 is 0.276 bits per heavy atom. The number of hydrogen-bond acceptors (Lipinski definition) is 2. The molecular formula is C54H34N4.